The molecule has 0 aliphatic carbocycles. The molecule has 0 radical (unpaired) electrons. The minimum atomic E-state index is -0.853. The summed E-state index contributed by atoms with van der Waals surface area (Å²) in [7, 11) is 0. The van der Waals surface area contributed by atoms with Gasteiger partial charge in [-0.05, 0) is 31.2 Å². The molecule has 2 aromatic carbocycles. The van der Waals surface area contributed by atoms with Crippen LogP contribution in [0.3, 0.4) is 0 Å². The molecule has 0 saturated heterocycles. The van der Waals surface area contributed by atoms with Crippen molar-refractivity contribution < 1.29 is 13.5 Å². The molecule has 0 fully saturated rings. The van der Waals surface area contributed by atoms with Crippen molar-refractivity contribution >= 4 is 17.3 Å². The highest BCUT2D eigenvalue weighted by Crippen LogP contribution is 2.28. The first-order valence-corrected chi connectivity index (χ1v) is 6.58. The number of anilines is 1. The predicted molar refractivity (Wildman–Crippen MR) is 76.3 cm³/mol. The Balaban J connectivity index is 2.07. The number of ether oxygens (including phenoxy) is 1. The van der Waals surface area contributed by atoms with Crippen LogP contribution in [0.4, 0.5) is 14.5 Å². The van der Waals surface area contributed by atoms with E-state index in [2.05, 4.69) is 5.32 Å². The van der Waals surface area contributed by atoms with Gasteiger partial charge >= 0.3 is 0 Å². The van der Waals surface area contributed by atoms with Crippen LogP contribution in [-0.2, 0) is 6.54 Å². The summed E-state index contributed by atoms with van der Waals surface area (Å²) in [6, 6.07) is 9.28. The van der Waals surface area contributed by atoms with E-state index in [9.17, 15) is 8.78 Å². The van der Waals surface area contributed by atoms with E-state index in [1.54, 1.807) is 18.2 Å². The standard InChI is InChI=1S/C15H14ClF2NO/c1-2-20-14-7-6-11(8-12(14)16)19-9-10-4-3-5-13(17)15(10)18/h3-8,19H,2,9H2,1H3. The van der Waals surface area contributed by atoms with Crippen LogP contribution in [0.5, 0.6) is 5.75 Å². The van der Waals surface area contributed by atoms with Crippen LogP contribution in [0, 0.1) is 11.6 Å². The molecular formula is C15H14ClF2NO. The van der Waals surface area contributed by atoms with Gasteiger partial charge in [0.2, 0.25) is 0 Å². The van der Waals surface area contributed by atoms with Gasteiger partial charge in [-0.1, -0.05) is 23.7 Å². The van der Waals surface area contributed by atoms with Crippen molar-refractivity contribution in [2.45, 2.75) is 13.5 Å². The first kappa shape index (κ1) is 14.6. The highest BCUT2D eigenvalue weighted by atomic mass is 35.5. The van der Waals surface area contributed by atoms with Crippen molar-refractivity contribution in [3.8, 4) is 5.75 Å². The molecule has 1 N–H and O–H groups in total. The molecule has 20 heavy (non-hydrogen) atoms. The summed E-state index contributed by atoms with van der Waals surface area (Å²) in [4.78, 5) is 0. The third-order valence-electron chi connectivity index (χ3n) is 2.75. The molecule has 0 unspecified atom stereocenters. The molecule has 0 atom stereocenters. The molecule has 0 bridgehead atoms. The maximum Gasteiger partial charge on any atom is 0.163 e. The van der Waals surface area contributed by atoms with Crippen LogP contribution in [0.2, 0.25) is 5.02 Å². The van der Waals surface area contributed by atoms with Crippen LogP contribution < -0.4 is 10.1 Å². The van der Waals surface area contributed by atoms with Gasteiger partial charge in [-0.2, -0.15) is 0 Å². The van der Waals surface area contributed by atoms with Crippen LogP contribution >= 0.6 is 11.6 Å². The summed E-state index contributed by atoms with van der Waals surface area (Å²) in [5.41, 5.74) is 0.970. The highest BCUT2D eigenvalue weighted by molar-refractivity contribution is 6.32. The number of hydrogen-bond acceptors (Lipinski definition) is 2. The summed E-state index contributed by atoms with van der Waals surface area (Å²) in [5, 5.41) is 3.46. The minimum absolute atomic E-state index is 0.175. The van der Waals surface area contributed by atoms with E-state index >= 15 is 0 Å². The summed E-state index contributed by atoms with van der Waals surface area (Å²) >= 11 is 6.05. The Morgan fingerprint density at radius 3 is 2.70 bits per heavy atom. The summed E-state index contributed by atoms with van der Waals surface area (Å²) in [6.45, 7) is 2.57. The second kappa shape index (κ2) is 6.57. The second-order valence-corrected chi connectivity index (χ2v) is 4.55. The molecule has 2 nitrogen and oxygen atoms in total. The Kier molecular flexibility index (Phi) is 4.79. The molecule has 0 heterocycles. The molecule has 2 aromatic rings. The molecule has 0 aliphatic heterocycles. The highest BCUT2D eigenvalue weighted by Gasteiger charge is 2.08. The zero-order valence-electron chi connectivity index (χ0n) is 10.9. The molecule has 106 valence electrons. The van der Waals surface area contributed by atoms with E-state index in [4.69, 9.17) is 16.3 Å². The molecule has 0 saturated carbocycles. The topological polar surface area (TPSA) is 21.3 Å². The summed E-state index contributed by atoms with van der Waals surface area (Å²) in [6.07, 6.45) is 0. The minimum Gasteiger partial charge on any atom is -0.492 e. The first-order valence-electron chi connectivity index (χ1n) is 6.21. The quantitative estimate of drug-likeness (QED) is 0.869. The maximum atomic E-state index is 13.5. The number of benzene rings is 2. The van der Waals surface area contributed by atoms with Gasteiger partial charge in [-0.25, -0.2) is 8.78 Å². The van der Waals surface area contributed by atoms with Gasteiger partial charge in [0.1, 0.15) is 5.75 Å². The lowest BCUT2D eigenvalue weighted by Gasteiger charge is -2.10. The Labute approximate surface area is 121 Å². The van der Waals surface area contributed by atoms with Crippen molar-refractivity contribution in [2.24, 2.45) is 0 Å². The molecular weight excluding hydrogens is 284 g/mol. The van der Waals surface area contributed by atoms with Crippen LogP contribution in [0.1, 0.15) is 12.5 Å². The van der Waals surface area contributed by atoms with Gasteiger partial charge in [0.25, 0.3) is 0 Å². The number of rotatable bonds is 5. The molecule has 0 aliphatic rings. The normalized spacial score (nSPS) is 10.4. The monoisotopic (exact) mass is 297 g/mol. The number of halogens is 3. The SMILES string of the molecule is CCOc1ccc(NCc2cccc(F)c2F)cc1Cl. The largest absolute Gasteiger partial charge is 0.492 e. The Hall–Kier alpha value is -1.81. The fraction of sp³-hybridized carbons (Fsp3) is 0.200. The van der Waals surface area contributed by atoms with E-state index in [1.807, 2.05) is 6.92 Å². The number of hydrogen-bond donors (Lipinski definition) is 1. The Morgan fingerprint density at radius 1 is 1.20 bits per heavy atom. The van der Waals surface area contributed by atoms with Crippen molar-refractivity contribution in [1.82, 2.24) is 0 Å². The average molecular weight is 298 g/mol. The molecule has 5 heteroatoms. The van der Waals surface area contributed by atoms with Crippen molar-refractivity contribution in [1.29, 1.82) is 0 Å². The number of nitrogens with one attached hydrogen (secondary N) is 1. The lowest BCUT2D eigenvalue weighted by molar-refractivity contribution is 0.340. The van der Waals surface area contributed by atoms with E-state index < -0.39 is 11.6 Å². The van der Waals surface area contributed by atoms with E-state index in [-0.39, 0.29) is 12.1 Å². The molecule has 0 amide bonds. The van der Waals surface area contributed by atoms with Gasteiger partial charge in [0.15, 0.2) is 11.6 Å². The van der Waals surface area contributed by atoms with E-state index in [0.717, 1.165) is 6.07 Å². The zero-order chi connectivity index (χ0) is 14.5. The van der Waals surface area contributed by atoms with Crippen LogP contribution in [-0.4, -0.2) is 6.61 Å². The van der Waals surface area contributed by atoms with Crippen LogP contribution in [0.25, 0.3) is 0 Å². The van der Waals surface area contributed by atoms with Gasteiger partial charge in [0.05, 0.1) is 11.6 Å². The third kappa shape index (κ3) is 3.39. The van der Waals surface area contributed by atoms with Crippen molar-refractivity contribution in [3.63, 3.8) is 0 Å². The first-order chi connectivity index (χ1) is 9.61. The van der Waals surface area contributed by atoms with Crippen LogP contribution in [0.15, 0.2) is 36.4 Å². The van der Waals surface area contributed by atoms with Gasteiger partial charge < -0.3 is 10.1 Å². The lowest BCUT2D eigenvalue weighted by Crippen LogP contribution is -2.03. The molecule has 0 aromatic heterocycles. The fourth-order valence-electron chi connectivity index (χ4n) is 1.77. The second-order valence-electron chi connectivity index (χ2n) is 4.14. The molecule has 2 rings (SSSR count). The van der Waals surface area contributed by atoms with Gasteiger partial charge in [0, 0.05) is 17.8 Å². The smallest absolute Gasteiger partial charge is 0.163 e. The fourth-order valence-corrected chi connectivity index (χ4v) is 2.00. The van der Waals surface area contributed by atoms with E-state index in [0.29, 0.717) is 23.1 Å². The average Bonchev–Trinajstić information content (AvgIpc) is 2.43. The third-order valence-corrected chi connectivity index (χ3v) is 3.04. The predicted octanol–water partition coefficient (Wildman–Crippen LogP) is 4.63. The zero-order valence-corrected chi connectivity index (χ0v) is 11.7. The lowest BCUT2D eigenvalue weighted by atomic mass is 10.2. The Bertz CT molecular complexity index is 604. The molecule has 0 spiro atoms. The summed E-state index contributed by atoms with van der Waals surface area (Å²) in [5.74, 6) is -1.09. The van der Waals surface area contributed by atoms with E-state index in [1.165, 1.54) is 12.1 Å². The Morgan fingerprint density at radius 2 is 2.00 bits per heavy atom. The van der Waals surface area contributed by atoms with Crippen molar-refractivity contribution in [3.05, 3.63) is 58.6 Å². The summed E-state index contributed by atoms with van der Waals surface area (Å²) < 4.78 is 31.9. The van der Waals surface area contributed by atoms with Gasteiger partial charge in [-0.3, -0.25) is 0 Å². The van der Waals surface area contributed by atoms with Crippen molar-refractivity contribution in [2.75, 3.05) is 11.9 Å². The van der Waals surface area contributed by atoms with Gasteiger partial charge in [-0.15, -0.1) is 0 Å². The maximum absolute atomic E-state index is 13.5.